The second kappa shape index (κ2) is 9.17. The highest BCUT2D eigenvalue weighted by Crippen LogP contribution is 2.50. The van der Waals surface area contributed by atoms with E-state index in [1.807, 2.05) is 17.0 Å². The number of ether oxygens (including phenoxy) is 3. The second-order valence-electron chi connectivity index (χ2n) is 11.8. The molecule has 4 aliphatic rings. The van der Waals surface area contributed by atoms with E-state index in [2.05, 4.69) is 30.4 Å². The van der Waals surface area contributed by atoms with Crippen LogP contribution >= 0.6 is 0 Å². The molecule has 204 valence electrons. The predicted molar refractivity (Wildman–Crippen MR) is 139 cm³/mol. The molecule has 6 rings (SSSR count). The fraction of sp³-hybridized carbons (Fsp3) is 0.643. The fourth-order valence-electron chi connectivity index (χ4n) is 6.49. The third-order valence-electron chi connectivity index (χ3n) is 8.77. The Morgan fingerprint density at radius 3 is 2.55 bits per heavy atom. The molecule has 0 aromatic carbocycles. The number of pyridine rings is 1. The number of carbonyl (C=O) groups is 2. The molecule has 0 N–H and O–H groups in total. The summed E-state index contributed by atoms with van der Waals surface area (Å²) in [6.07, 6.45) is 6.42. The van der Waals surface area contributed by atoms with Crippen LogP contribution in [0.3, 0.4) is 0 Å². The zero-order chi connectivity index (χ0) is 26.7. The second-order valence-corrected chi connectivity index (χ2v) is 11.8. The van der Waals surface area contributed by atoms with Crippen molar-refractivity contribution < 1.29 is 23.8 Å². The van der Waals surface area contributed by atoms with Crippen LogP contribution in [0.15, 0.2) is 18.3 Å². The van der Waals surface area contributed by atoms with Crippen LogP contribution in [0.25, 0.3) is 11.4 Å². The summed E-state index contributed by atoms with van der Waals surface area (Å²) in [6.45, 7) is 8.52. The highest BCUT2D eigenvalue weighted by atomic mass is 16.6. The van der Waals surface area contributed by atoms with E-state index >= 15 is 0 Å². The van der Waals surface area contributed by atoms with Gasteiger partial charge in [-0.25, -0.2) is 9.59 Å². The van der Waals surface area contributed by atoms with Gasteiger partial charge in [0.05, 0.1) is 19.8 Å². The first kappa shape index (κ1) is 25.0. The number of hydrogen-bond acceptors (Lipinski definition) is 7. The Kier molecular flexibility index (Phi) is 6.03. The van der Waals surface area contributed by atoms with Crippen molar-refractivity contribution in [1.29, 1.82) is 0 Å². The molecule has 2 saturated heterocycles. The SMILES string of the molecule is COC(=O)N1CC[C@@H](n2nc3c(c2C)C2(CCN(C(=O)OCC4CC4)CC2)Oc2cccnc2-3)CC1(C)C. The quantitative estimate of drug-likeness (QED) is 0.577. The first-order chi connectivity index (χ1) is 18.2. The zero-order valence-electron chi connectivity index (χ0n) is 22.7. The van der Waals surface area contributed by atoms with E-state index in [1.165, 1.54) is 7.11 Å². The third-order valence-corrected chi connectivity index (χ3v) is 8.77. The average molecular weight is 524 g/mol. The normalized spacial score (nSPS) is 23.3. The van der Waals surface area contributed by atoms with Crippen LogP contribution in [0.5, 0.6) is 5.75 Å². The number of nitrogens with zero attached hydrogens (tertiary/aromatic N) is 5. The summed E-state index contributed by atoms with van der Waals surface area (Å²) >= 11 is 0. The molecule has 1 atom stereocenters. The van der Waals surface area contributed by atoms with Crippen molar-refractivity contribution in [3.05, 3.63) is 29.6 Å². The minimum Gasteiger partial charge on any atom is -0.480 e. The van der Waals surface area contributed by atoms with Gasteiger partial charge >= 0.3 is 12.2 Å². The van der Waals surface area contributed by atoms with Gasteiger partial charge in [0, 0.05) is 55.5 Å². The number of rotatable bonds is 3. The van der Waals surface area contributed by atoms with Crippen LogP contribution in [0, 0.1) is 12.8 Å². The van der Waals surface area contributed by atoms with E-state index in [4.69, 9.17) is 19.3 Å². The van der Waals surface area contributed by atoms with Crippen molar-refractivity contribution in [3.8, 4) is 17.1 Å². The molecule has 0 unspecified atom stereocenters. The average Bonchev–Trinajstić information content (AvgIpc) is 3.67. The Bertz CT molecular complexity index is 1240. The van der Waals surface area contributed by atoms with Gasteiger partial charge in [-0.05, 0) is 64.5 Å². The number of fused-ring (bicyclic) bond motifs is 4. The van der Waals surface area contributed by atoms with Gasteiger partial charge in [-0.1, -0.05) is 0 Å². The van der Waals surface area contributed by atoms with Gasteiger partial charge in [0.15, 0.2) is 0 Å². The summed E-state index contributed by atoms with van der Waals surface area (Å²) in [5.74, 6) is 1.27. The van der Waals surface area contributed by atoms with Crippen LogP contribution in [0.4, 0.5) is 9.59 Å². The highest BCUT2D eigenvalue weighted by molar-refractivity contribution is 5.72. The van der Waals surface area contributed by atoms with Crippen LogP contribution in [-0.4, -0.2) is 75.6 Å². The lowest BCUT2D eigenvalue weighted by Crippen LogP contribution is -2.53. The van der Waals surface area contributed by atoms with Crippen LogP contribution in [0.2, 0.25) is 0 Å². The van der Waals surface area contributed by atoms with Crippen LogP contribution in [-0.2, 0) is 15.1 Å². The summed E-state index contributed by atoms with van der Waals surface area (Å²) in [5, 5.41) is 5.16. The van der Waals surface area contributed by atoms with Crippen molar-refractivity contribution in [3.63, 3.8) is 0 Å². The van der Waals surface area contributed by atoms with E-state index in [0.717, 1.165) is 54.1 Å². The van der Waals surface area contributed by atoms with Crippen LogP contribution < -0.4 is 4.74 Å². The first-order valence-electron chi connectivity index (χ1n) is 13.7. The van der Waals surface area contributed by atoms with Gasteiger partial charge in [0.25, 0.3) is 0 Å². The number of methoxy groups -OCH3 is 1. The maximum Gasteiger partial charge on any atom is 0.409 e. The zero-order valence-corrected chi connectivity index (χ0v) is 22.7. The maximum atomic E-state index is 12.7. The molecule has 3 aliphatic heterocycles. The summed E-state index contributed by atoms with van der Waals surface area (Å²) < 4.78 is 19.5. The molecule has 1 spiro atoms. The molecule has 1 aliphatic carbocycles. The number of carbonyl (C=O) groups excluding carboxylic acids is 2. The minimum absolute atomic E-state index is 0.123. The minimum atomic E-state index is -0.580. The lowest BCUT2D eigenvalue weighted by Gasteiger charge is -2.45. The number of aromatic nitrogens is 3. The van der Waals surface area contributed by atoms with E-state index in [1.54, 1.807) is 11.1 Å². The first-order valence-corrected chi connectivity index (χ1v) is 13.7. The van der Waals surface area contributed by atoms with E-state index in [0.29, 0.717) is 45.0 Å². The molecule has 5 heterocycles. The van der Waals surface area contributed by atoms with Gasteiger partial charge in [-0.15, -0.1) is 0 Å². The number of piperidine rings is 2. The Morgan fingerprint density at radius 1 is 1.11 bits per heavy atom. The molecule has 2 aromatic heterocycles. The Morgan fingerprint density at radius 2 is 1.87 bits per heavy atom. The topological polar surface area (TPSA) is 99.0 Å². The molecule has 3 fully saturated rings. The van der Waals surface area contributed by atoms with Crippen molar-refractivity contribution in [2.24, 2.45) is 5.92 Å². The molecule has 10 nitrogen and oxygen atoms in total. The number of amides is 2. The highest BCUT2D eigenvalue weighted by Gasteiger charge is 2.49. The van der Waals surface area contributed by atoms with Crippen molar-refractivity contribution in [2.75, 3.05) is 33.4 Å². The largest absolute Gasteiger partial charge is 0.480 e. The third kappa shape index (κ3) is 4.18. The van der Waals surface area contributed by atoms with Gasteiger partial charge in [0.1, 0.15) is 22.7 Å². The van der Waals surface area contributed by atoms with E-state index < -0.39 is 5.60 Å². The van der Waals surface area contributed by atoms with Crippen molar-refractivity contribution >= 4 is 12.2 Å². The smallest absolute Gasteiger partial charge is 0.409 e. The predicted octanol–water partition coefficient (Wildman–Crippen LogP) is 4.67. The Hall–Kier alpha value is -3.30. The summed E-state index contributed by atoms with van der Waals surface area (Å²) in [6, 6.07) is 3.96. The van der Waals surface area contributed by atoms with E-state index in [-0.39, 0.29) is 23.8 Å². The Labute approximate surface area is 223 Å². The molecule has 38 heavy (non-hydrogen) atoms. The van der Waals surface area contributed by atoms with Crippen molar-refractivity contribution in [2.45, 2.75) is 76.5 Å². The maximum absolute atomic E-state index is 12.7. The van der Waals surface area contributed by atoms with Gasteiger partial charge in [0.2, 0.25) is 0 Å². The summed E-state index contributed by atoms with van der Waals surface area (Å²) in [7, 11) is 1.43. The molecule has 0 bridgehead atoms. The fourth-order valence-corrected chi connectivity index (χ4v) is 6.49. The molecule has 2 aromatic rings. The summed E-state index contributed by atoms with van der Waals surface area (Å²) in [5.41, 5.74) is 2.81. The summed E-state index contributed by atoms with van der Waals surface area (Å²) in [4.78, 5) is 33.3. The number of hydrogen-bond donors (Lipinski definition) is 0. The lowest BCUT2D eigenvalue weighted by atomic mass is 9.80. The monoisotopic (exact) mass is 523 g/mol. The molecule has 0 radical (unpaired) electrons. The standard InChI is InChI=1S/C28H37N5O5/c1-18-22-24(30-33(18)20-9-13-32(26(35)36-4)27(2,3)16-20)23-21(6-5-12-29-23)38-28(22)10-14-31(15-11-28)25(34)37-17-19-7-8-19/h5-6,12,19-20H,7-11,13-17H2,1-4H3/t20-/m1/s1. The van der Waals surface area contributed by atoms with Gasteiger partial charge in [-0.2, -0.15) is 5.10 Å². The van der Waals surface area contributed by atoms with Gasteiger partial charge < -0.3 is 24.0 Å². The van der Waals surface area contributed by atoms with Gasteiger partial charge in [-0.3, -0.25) is 9.67 Å². The Balaban J connectivity index is 1.30. The molecular formula is C28H37N5O5. The van der Waals surface area contributed by atoms with Crippen molar-refractivity contribution in [1.82, 2.24) is 24.6 Å². The molecule has 1 saturated carbocycles. The lowest BCUT2D eigenvalue weighted by molar-refractivity contribution is -0.00688. The number of likely N-dealkylation sites (tertiary alicyclic amines) is 2. The van der Waals surface area contributed by atoms with E-state index in [9.17, 15) is 9.59 Å². The molecular weight excluding hydrogens is 486 g/mol. The molecule has 10 heteroatoms. The van der Waals surface area contributed by atoms with Crippen LogP contribution in [0.1, 0.15) is 69.7 Å². The molecule has 2 amide bonds.